The third-order valence-corrected chi connectivity index (χ3v) is 3.00. The maximum absolute atomic E-state index is 10.5. The van der Waals surface area contributed by atoms with Crippen LogP contribution in [0, 0.1) is 0 Å². The van der Waals surface area contributed by atoms with Crippen LogP contribution in [-0.2, 0) is 9.24 Å². The van der Waals surface area contributed by atoms with Crippen LogP contribution < -0.4 is 4.72 Å². The Bertz CT molecular complexity index is 242. The first-order chi connectivity index (χ1) is 5.49. The van der Waals surface area contributed by atoms with E-state index >= 15 is 0 Å². The third kappa shape index (κ3) is 3.26. The van der Waals surface area contributed by atoms with E-state index in [9.17, 15) is 8.42 Å². The van der Waals surface area contributed by atoms with Crippen molar-refractivity contribution in [2.45, 2.75) is 18.9 Å². The Kier molecular flexibility index (Phi) is 3.34. The van der Waals surface area contributed by atoms with Gasteiger partial charge in [-0.15, -0.1) is 0 Å². The minimum absolute atomic E-state index is 0.304. The molecule has 1 fully saturated rings. The number of likely N-dealkylation sites (N-methyl/N-ethyl adjacent to an activating group) is 1. The highest BCUT2D eigenvalue weighted by Gasteiger charge is 2.21. The molecule has 0 amide bonds. The molecule has 1 N–H and O–H groups in total. The minimum Gasteiger partial charge on any atom is -0.302 e. The predicted molar refractivity (Wildman–Crippen MR) is 48.4 cm³/mol. The van der Waals surface area contributed by atoms with Crippen molar-refractivity contribution in [1.29, 1.82) is 0 Å². The van der Waals surface area contributed by atoms with Gasteiger partial charge < -0.3 is 4.90 Å². The molecular weight excluding hydrogens is 200 g/mol. The van der Waals surface area contributed by atoms with Crippen LogP contribution in [0.3, 0.4) is 0 Å². The molecule has 1 unspecified atom stereocenters. The van der Waals surface area contributed by atoms with Crippen LogP contribution >= 0.6 is 10.7 Å². The van der Waals surface area contributed by atoms with Gasteiger partial charge in [0.15, 0.2) is 0 Å². The van der Waals surface area contributed by atoms with Gasteiger partial charge in [-0.3, -0.25) is 0 Å². The van der Waals surface area contributed by atoms with Gasteiger partial charge in [-0.1, -0.05) is 0 Å². The zero-order valence-electron chi connectivity index (χ0n) is 6.96. The molecule has 6 heteroatoms. The van der Waals surface area contributed by atoms with Gasteiger partial charge >= 0.3 is 0 Å². The van der Waals surface area contributed by atoms with E-state index in [4.69, 9.17) is 10.7 Å². The molecule has 1 aliphatic heterocycles. The van der Waals surface area contributed by atoms with E-state index in [0.717, 1.165) is 19.4 Å². The molecule has 72 valence electrons. The average molecular weight is 213 g/mol. The van der Waals surface area contributed by atoms with Gasteiger partial charge in [-0.05, 0) is 26.4 Å². The SMILES string of the molecule is CN1CCCC1CNS(=O)(=O)Cl. The number of nitrogens with one attached hydrogen (secondary N) is 1. The first-order valence-electron chi connectivity index (χ1n) is 3.88. The summed E-state index contributed by atoms with van der Waals surface area (Å²) in [6.07, 6.45) is 2.17. The number of hydrogen-bond acceptors (Lipinski definition) is 3. The topological polar surface area (TPSA) is 49.4 Å². The molecule has 1 saturated heterocycles. The van der Waals surface area contributed by atoms with Crippen molar-refractivity contribution in [2.75, 3.05) is 20.1 Å². The fourth-order valence-electron chi connectivity index (χ4n) is 1.43. The molecule has 0 saturated carbocycles. The molecule has 0 aromatic rings. The highest BCUT2D eigenvalue weighted by molar-refractivity contribution is 8.12. The molecule has 0 radical (unpaired) electrons. The van der Waals surface area contributed by atoms with Gasteiger partial charge in [-0.25, -0.2) is 4.72 Å². The lowest BCUT2D eigenvalue weighted by Gasteiger charge is -2.18. The largest absolute Gasteiger partial charge is 0.302 e. The highest BCUT2D eigenvalue weighted by Crippen LogP contribution is 2.13. The van der Waals surface area contributed by atoms with Crippen LogP contribution in [0.5, 0.6) is 0 Å². The van der Waals surface area contributed by atoms with E-state index in [2.05, 4.69) is 9.62 Å². The van der Waals surface area contributed by atoms with E-state index in [1.165, 1.54) is 0 Å². The molecule has 1 atom stereocenters. The maximum atomic E-state index is 10.5. The van der Waals surface area contributed by atoms with Crippen LogP contribution in [0.2, 0.25) is 0 Å². The van der Waals surface area contributed by atoms with E-state index in [0.29, 0.717) is 12.6 Å². The smallest absolute Gasteiger partial charge is 0.297 e. The second-order valence-corrected chi connectivity index (χ2v) is 5.45. The molecule has 0 aliphatic carbocycles. The lowest BCUT2D eigenvalue weighted by atomic mass is 10.2. The summed E-state index contributed by atoms with van der Waals surface area (Å²) in [6.45, 7) is 1.46. The van der Waals surface area contributed by atoms with Crippen molar-refractivity contribution in [3.8, 4) is 0 Å². The van der Waals surface area contributed by atoms with Gasteiger partial charge in [0.25, 0.3) is 9.24 Å². The molecule has 1 heterocycles. The molecule has 12 heavy (non-hydrogen) atoms. The quantitative estimate of drug-likeness (QED) is 0.678. The van der Waals surface area contributed by atoms with Gasteiger partial charge in [0.05, 0.1) is 0 Å². The van der Waals surface area contributed by atoms with Crippen molar-refractivity contribution < 1.29 is 8.42 Å². The molecule has 0 spiro atoms. The Morgan fingerprint density at radius 2 is 2.33 bits per heavy atom. The summed E-state index contributed by atoms with van der Waals surface area (Å²) in [4.78, 5) is 2.13. The lowest BCUT2D eigenvalue weighted by molar-refractivity contribution is 0.311. The summed E-state index contributed by atoms with van der Waals surface area (Å²) < 4.78 is 23.4. The van der Waals surface area contributed by atoms with Crippen molar-refractivity contribution >= 4 is 19.9 Å². The van der Waals surface area contributed by atoms with Crippen molar-refractivity contribution in [1.82, 2.24) is 9.62 Å². The van der Waals surface area contributed by atoms with Gasteiger partial charge in [-0.2, -0.15) is 8.42 Å². The second-order valence-electron chi connectivity index (χ2n) is 3.06. The Hall–Kier alpha value is 0.160. The van der Waals surface area contributed by atoms with Crippen LogP contribution in [-0.4, -0.2) is 39.5 Å². The van der Waals surface area contributed by atoms with Crippen molar-refractivity contribution in [3.05, 3.63) is 0 Å². The Morgan fingerprint density at radius 3 is 2.75 bits per heavy atom. The van der Waals surface area contributed by atoms with Crippen LogP contribution in [0.1, 0.15) is 12.8 Å². The summed E-state index contributed by atoms with van der Waals surface area (Å²) in [5.41, 5.74) is 0. The second kappa shape index (κ2) is 3.91. The van der Waals surface area contributed by atoms with Gasteiger partial charge in [0.2, 0.25) is 0 Å². The molecule has 1 aliphatic rings. The normalized spacial score (nSPS) is 26.3. The third-order valence-electron chi connectivity index (χ3n) is 2.16. The van der Waals surface area contributed by atoms with Gasteiger partial charge in [0, 0.05) is 23.3 Å². The summed E-state index contributed by atoms with van der Waals surface area (Å²) in [7, 11) is 3.45. The Labute approximate surface area is 77.4 Å². The number of halogens is 1. The monoisotopic (exact) mass is 212 g/mol. The fraction of sp³-hybridized carbons (Fsp3) is 1.00. The summed E-state index contributed by atoms with van der Waals surface area (Å²) in [6, 6.07) is 0.304. The molecule has 0 aromatic heterocycles. The number of hydrogen-bond donors (Lipinski definition) is 1. The highest BCUT2D eigenvalue weighted by atomic mass is 35.7. The summed E-state index contributed by atoms with van der Waals surface area (Å²) in [5.74, 6) is 0. The zero-order valence-corrected chi connectivity index (χ0v) is 8.53. The fourth-order valence-corrected chi connectivity index (χ4v) is 2.01. The molecular formula is C6H13ClN2O2S. The van der Waals surface area contributed by atoms with Crippen molar-refractivity contribution in [2.24, 2.45) is 0 Å². The van der Waals surface area contributed by atoms with E-state index < -0.39 is 9.24 Å². The molecule has 0 bridgehead atoms. The standard InChI is InChI=1S/C6H13ClN2O2S/c1-9-4-2-3-6(9)5-8-12(7,10)11/h6,8H,2-5H2,1H3. The van der Waals surface area contributed by atoms with Crippen LogP contribution in [0.4, 0.5) is 0 Å². The first-order valence-corrected chi connectivity index (χ1v) is 6.19. The predicted octanol–water partition coefficient (Wildman–Crippen LogP) is 0.154. The lowest BCUT2D eigenvalue weighted by Crippen LogP contribution is -2.36. The molecule has 4 nitrogen and oxygen atoms in total. The summed E-state index contributed by atoms with van der Waals surface area (Å²) >= 11 is 0. The number of likely N-dealkylation sites (tertiary alicyclic amines) is 1. The summed E-state index contributed by atoms with van der Waals surface area (Å²) in [5, 5.41) is 0. The van der Waals surface area contributed by atoms with Crippen molar-refractivity contribution in [3.63, 3.8) is 0 Å². The molecule has 1 rings (SSSR count). The van der Waals surface area contributed by atoms with Gasteiger partial charge in [0.1, 0.15) is 0 Å². The zero-order chi connectivity index (χ0) is 9.19. The Balaban J connectivity index is 2.32. The average Bonchev–Trinajstić information content (AvgIpc) is 2.29. The first kappa shape index (κ1) is 10.2. The maximum Gasteiger partial charge on any atom is 0.297 e. The van der Waals surface area contributed by atoms with Crippen LogP contribution in [0.25, 0.3) is 0 Å². The molecule has 0 aromatic carbocycles. The van der Waals surface area contributed by atoms with E-state index in [-0.39, 0.29) is 0 Å². The van der Waals surface area contributed by atoms with E-state index in [1.807, 2.05) is 7.05 Å². The number of nitrogens with zero attached hydrogens (tertiary/aromatic N) is 1. The van der Waals surface area contributed by atoms with Crippen LogP contribution in [0.15, 0.2) is 0 Å². The Morgan fingerprint density at radius 1 is 1.67 bits per heavy atom. The number of rotatable bonds is 3. The minimum atomic E-state index is -3.54. The van der Waals surface area contributed by atoms with E-state index in [1.54, 1.807) is 0 Å².